The first-order valence-corrected chi connectivity index (χ1v) is 6.03. The van der Waals surface area contributed by atoms with Gasteiger partial charge in [0.25, 0.3) is 0 Å². The molecule has 2 aromatic heterocycles. The number of halogens is 1. The summed E-state index contributed by atoms with van der Waals surface area (Å²) < 4.78 is 1.99. The van der Waals surface area contributed by atoms with Crippen LogP contribution in [0.5, 0.6) is 0 Å². The van der Waals surface area contributed by atoms with Crippen molar-refractivity contribution in [3.05, 3.63) is 53.3 Å². The van der Waals surface area contributed by atoms with Gasteiger partial charge in [0.15, 0.2) is 0 Å². The predicted molar refractivity (Wildman–Crippen MR) is 74.8 cm³/mol. The van der Waals surface area contributed by atoms with E-state index < -0.39 is 0 Å². The summed E-state index contributed by atoms with van der Waals surface area (Å²) >= 11 is 6.02. The van der Waals surface area contributed by atoms with Gasteiger partial charge in [-0.05, 0) is 31.2 Å². The van der Waals surface area contributed by atoms with Gasteiger partial charge in [-0.15, -0.1) is 0 Å². The molecule has 90 valence electrons. The zero-order valence-electron chi connectivity index (χ0n) is 9.89. The fourth-order valence-electron chi connectivity index (χ4n) is 2.09. The molecule has 3 nitrogen and oxygen atoms in total. The van der Waals surface area contributed by atoms with Crippen LogP contribution in [0.25, 0.3) is 16.9 Å². The minimum absolute atomic E-state index is 0.712. The van der Waals surface area contributed by atoms with Crippen molar-refractivity contribution in [1.29, 1.82) is 0 Å². The molecule has 0 saturated heterocycles. The van der Waals surface area contributed by atoms with Gasteiger partial charge >= 0.3 is 0 Å². The number of nitrogen functional groups attached to an aromatic ring is 1. The molecular formula is C14H12ClN3. The summed E-state index contributed by atoms with van der Waals surface area (Å²) in [6.45, 7) is 2.02. The molecule has 0 unspecified atom stereocenters. The molecule has 1 aromatic carbocycles. The fraction of sp³-hybridized carbons (Fsp3) is 0.0714. The van der Waals surface area contributed by atoms with Crippen molar-refractivity contribution in [3.63, 3.8) is 0 Å². The Hall–Kier alpha value is -2.00. The van der Waals surface area contributed by atoms with E-state index in [1.165, 1.54) is 0 Å². The van der Waals surface area contributed by atoms with Crippen LogP contribution in [0.2, 0.25) is 5.02 Å². The lowest BCUT2D eigenvalue weighted by atomic mass is 10.1. The molecule has 3 aromatic rings. The number of nitrogens with zero attached hydrogens (tertiary/aromatic N) is 2. The number of pyridine rings is 1. The Morgan fingerprint density at radius 1 is 1.22 bits per heavy atom. The molecule has 0 radical (unpaired) electrons. The molecule has 2 N–H and O–H groups in total. The quantitative estimate of drug-likeness (QED) is 0.725. The first kappa shape index (κ1) is 11.1. The monoisotopic (exact) mass is 257 g/mol. The SMILES string of the molecule is Cc1c(-c2cccc(Cl)c2)nc2ccc(N)cn12. The van der Waals surface area contributed by atoms with E-state index in [9.17, 15) is 0 Å². The van der Waals surface area contributed by atoms with Crippen molar-refractivity contribution in [1.82, 2.24) is 9.38 Å². The smallest absolute Gasteiger partial charge is 0.137 e. The molecule has 0 amide bonds. The van der Waals surface area contributed by atoms with E-state index in [0.29, 0.717) is 5.02 Å². The van der Waals surface area contributed by atoms with Gasteiger partial charge in [-0.2, -0.15) is 0 Å². The molecule has 0 bridgehead atoms. The third-order valence-corrected chi connectivity index (χ3v) is 3.21. The number of fused-ring (bicyclic) bond motifs is 1. The number of aromatic nitrogens is 2. The number of anilines is 1. The Labute approximate surface area is 110 Å². The highest BCUT2D eigenvalue weighted by molar-refractivity contribution is 6.30. The van der Waals surface area contributed by atoms with Crippen molar-refractivity contribution in [2.75, 3.05) is 5.73 Å². The Kier molecular flexibility index (Phi) is 2.49. The normalized spacial score (nSPS) is 11.0. The van der Waals surface area contributed by atoms with Crippen LogP contribution >= 0.6 is 11.6 Å². The van der Waals surface area contributed by atoms with Crippen LogP contribution < -0.4 is 5.73 Å². The van der Waals surface area contributed by atoms with Gasteiger partial charge in [-0.3, -0.25) is 0 Å². The summed E-state index contributed by atoms with van der Waals surface area (Å²) in [5.74, 6) is 0. The maximum Gasteiger partial charge on any atom is 0.137 e. The molecule has 0 aliphatic carbocycles. The highest BCUT2D eigenvalue weighted by Gasteiger charge is 2.10. The van der Waals surface area contributed by atoms with Gasteiger partial charge in [0.05, 0.1) is 5.69 Å². The highest BCUT2D eigenvalue weighted by Crippen LogP contribution is 2.26. The minimum atomic E-state index is 0.712. The summed E-state index contributed by atoms with van der Waals surface area (Å²) in [7, 11) is 0. The van der Waals surface area contributed by atoms with E-state index in [2.05, 4.69) is 4.98 Å². The topological polar surface area (TPSA) is 43.3 Å². The predicted octanol–water partition coefficient (Wildman–Crippen LogP) is 3.55. The van der Waals surface area contributed by atoms with E-state index in [4.69, 9.17) is 17.3 Å². The van der Waals surface area contributed by atoms with Crippen molar-refractivity contribution in [2.24, 2.45) is 0 Å². The summed E-state index contributed by atoms with van der Waals surface area (Å²) in [5.41, 5.74) is 10.4. The van der Waals surface area contributed by atoms with Crippen LogP contribution in [0.4, 0.5) is 5.69 Å². The molecule has 0 saturated carbocycles. The summed E-state index contributed by atoms with van der Waals surface area (Å²) in [4.78, 5) is 4.61. The first-order chi connectivity index (χ1) is 8.65. The lowest BCUT2D eigenvalue weighted by Crippen LogP contribution is -1.91. The molecule has 3 rings (SSSR count). The first-order valence-electron chi connectivity index (χ1n) is 5.65. The van der Waals surface area contributed by atoms with Gasteiger partial charge in [-0.1, -0.05) is 23.7 Å². The van der Waals surface area contributed by atoms with Crippen LogP contribution in [-0.4, -0.2) is 9.38 Å². The standard InChI is InChI=1S/C14H12ClN3/c1-9-14(10-3-2-4-11(15)7-10)17-13-6-5-12(16)8-18(9)13/h2-8H,16H2,1H3. The molecule has 0 fully saturated rings. The average molecular weight is 258 g/mol. The van der Waals surface area contributed by atoms with Crippen molar-refractivity contribution < 1.29 is 0 Å². The van der Waals surface area contributed by atoms with E-state index >= 15 is 0 Å². The Balaban J connectivity index is 2.27. The average Bonchev–Trinajstić information content (AvgIpc) is 2.67. The zero-order chi connectivity index (χ0) is 12.7. The van der Waals surface area contributed by atoms with Crippen molar-refractivity contribution in [2.45, 2.75) is 6.92 Å². The van der Waals surface area contributed by atoms with Gasteiger partial charge in [-0.25, -0.2) is 4.98 Å². The summed E-state index contributed by atoms with van der Waals surface area (Å²) in [6.07, 6.45) is 1.88. The van der Waals surface area contributed by atoms with Crippen LogP contribution in [0.1, 0.15) is 5.69 Å². The maximum atomic E-state index is 6.02. The lowest BCUT2D eigenvalue weighted by Gasteiger charge is -2.00. The van der Waals surface area contributed by atoms with E-state index in [0.717, 1.165) is 28.3 Å². The van der Waals surface area contributed by atoms with Gasteiger partial charge in [0.2, 0.25) is 0 Å². The number of rotatable bonds is 1. The van der Waals surface area contributed by atoms with Crippen molar-refractivity contribution >= 4 is 22.9 Å². The van der Waals surface area contributed by atoms with E-state index in [1.807, 2.05) is 53.9 Å². The van der Waals surface area contributed by atoms with Crippen molar-refractivity contribution in [3.8, 4) is 11.3 Å². The lowest BCUT2D eigenvalue weighted by molar-refractivity contribution is 1.11. The minimum Gasteiger partial charge on any atom is -0.398 e. The molecular weight excluding hydrogens is 246 g/mol. The summed E-state index contributed by atoms with van der Waals surface area (Å²) in [6, 6.07) is 11.5. The number of benzene rings is 1. The largest absolute Gasteiger partial charge is 0.398 e. The second-order valence-electron chi connectivity index (χ2n) is 4.25. The van der Waals surface area contributed by atoms with Gasteiger partial charge < -0.3 is 10.1 Å². The number of aryl methyl sites for hydroxylation is 1. The molecule has 4 heteroatoms. The second kappa shape index (κ2) is 4.03. The molecule has 0 aliphatic heterocycles. The van der Waals surface area contributed by atoms with E-state index in [-0.39, 0.29) is 0 Å². The number of nitrogens with two attached hydrogens (primary N) is 1. The zero-order valence-corrected chi connectivity index (χ0v) is 10.6. The van der Waals surface area contributed by atoms with Gasteiger partial charge in [0.1, 0.15) is 5.65 Å². The molecule has 18 heavy (non-hydrogen) atoms. The molecule has 0 atom stereocenters. The van der Waals surface area contributed by atoms with Crippen LogP contribution in [-0.2, 0) is 0 Å². The summed E-state index contributed by atoms with van der Waals surface area (Å²) in [5, 5.41) is 0.712. The number of imidazole rings is 1. The second-order valence-corrected chi connectivity index (χ2v) is 4.68. The van der Waals surface area contributed by atoms with Crippen LogP contribution in [0.3, 0.4) is 0 Å². The van der Waals surface area contributed by atoms with Crippen LogP contribution in [0.15, 0.2) is 42.6 Å². The molecule has 0 spiro atoms. The third-order valence-electron chi connectivity index (χ3n) is 2.98. The molecule has 2 heterocycles. The Morgan fingerprint density at radius 2 is 2.06 bits per heavy atom. The van der Waals surface area contributed by atoms with Crippen LogP contribution in [0, 0.1) is 6.92 Å². The van der Waals surface area contributed by atoms with E-state index in [1.54, 1.807) is 0 Å². The highest BCUT2D eigenvalue weighted by atomic mass is 35.5. The number of hydrogen-bond donors (Lipinski definition) is 1. The maximum absolute atomic E-state index is 6.02. The van der Waals surface area contributed by atoms with Gasteiger partial charge in [0, 0.05) is 28.2 Å². The molecule has 0 aliphatic rings. The Bertz CT molecular complexity index is 731. The third kappa shape index (κ3) is 1.73. The Morgan fingerprint density at radius 3 is 2.83 bits per heavy atom. The fourth-order valence-corrected chi connectivity index (χ4v) is 2.28. The number of hydrogen-bond acceptors (Lipinski definition) is 2.